The number of amides is 1. The standard InChI is InChI=1S/C15H13F2NO3S/c1-22(20,21)9-10-4-2-5-11(8-10)15(19)18-14-12(16)6-3-7-13(14)17/h2-8H,9H2,1H3,(H,18,19). The molecule has 0 aliphatic heterocycles. The zero-order valence-electron chi connectivity index (χ0n) is 11.6. The van der Waals surface area contributed by atoms with E-state index >= 15 is 0 Å². The summed E-state index contributed by atoms with van der Waals surface area (Å²) in [6.07, 6.45) is 1.08. The molecule has 0 atom stereocenters. The van der Waals surface area contributed by atoms with Crippen LogP contribution < -0.4 is 5.32 Å². The molecule has 0 aromatic heterocycles. The van der Waals surface area contributed by atoms with E-state index in [1.165, 1.54) is 24.3 Å². The molecule has 0 fully saturated rings. The van der Waals surface area contributed by atoms with Gasteiger partial charge in [0, 0.05) is 11.8 Å². The third-order valence-corrected chi connectivity index (χ3v) is 3.68. The molecule has 4 nitrogen and oxygen atoms in total. The summed E-state index contributed by atoms with van der Waals surface area (Å²) >= 11 is 0. The van der Waals surface area contributed by atoms with Crippen LogP contribution in [-0.2, 0) is 15.6 Å². The number of benzene rings is 2. The quantitative estimate of drug-likeness (QED) is 0.940. The summed E-state index contributed by atoms with van der Waals surface area (Å²) in [5.74, 6) is -2.72. The summed E-state index contributed by atoms with van der Waals surface area (Å²) in [5, 5.41) is 2.15. The molecular weight excluding hydrogens is 312 g/mol. The number of sulfone groups is 1. The predicted molar refractivity (Wildman–Crippen MR) is 79.3 cm³/mol. The minimum Gasteiger partial charge on any atom is -0.317 e. The Morgan fingerprint density at radius 1 is 1.09 bits per heavy atom. The van der Waals surface area contributed by atoms with E-state index < -0.39 is 33.1 Å². The Morgan fingerprint density at radius 3 is 2.27 bits per heavy atom. The van der Waals surface area contributed by atoms with Gasteiger partial charge in [-0.05, 0) is 29.8 Å². The predicted octanol–water partition coefficient (Wildman–Crippen LogP) is 2.76. The van der Waals surface area contributed by atoms with E-state index in [1.54, 1.807) is 6.07 Å². The molecule has 0 saturated carbocycles. The second-order valence-corrected chi connectivity index (χ2v) is 6.96. The van der Waals surface area contributed by atoms with Crippen LogP contribution in [0.4, 0.5) is 14.5 Å². The molecule has 0 radical (unpaired) electrons. The molecule has 0 heterocycles. The zero-order valence-corrected chi connectivity index (χ0v) is 12.5. The number of nitrogens with one attached hydrogen (secondary N) is 1. The van der Waals surface area contributed by atoms with Gasteiger partial charge in [0.05, 0.1) is 5.75 Å². The maximum absolute atomic E-state index is 13.5. The van der Waals surface area contributed by atoms with Gasteiger partial charge in [0.25, 0.3) is 5.91 Å². The van der Waals surface area contributed by atoms with Gasteiger partial charge >= 0.3 is 0 Å². The number of para-hydroxylation sites is 1. The summed E-state index contributed by atoms with van der Waals surface area (Å²) in [4.78, 5) is 12.0. The van der Waals surface area contributed by atoms with Crippen molar-refractivity contribution in [2.45, 2.75) is 5.75 Å². The van der Waals surface area contributed by atoms with Crippen molar-refractivity contribution < 1.29 is 22.0 Å². The highest BCUT2D eigenvalue weighted by Gasteiger charge is 2.14. The molecule has 0 aliphatic carbocycles. The number of anilines is 1. The second kappa shape index (κ2) is 6.23. The van der Waals surface area contributed by atoms with E-state index in [9.17, 15) is 22.0 Å². The number of hydrogen-bond donors (Lipinski definition) is 1. The molecule has 0 spiro atoms. The van der Waals surface area contributed by atoms with Gasteiger partial charge in [-0.1, -0.05) is 18.2 Å². The Bertz CT molecular complexity index is 799. The van der Waals surface area contributed by atoms with Crippen molar-refractivity contribution in [3.05, 3.63) is 65.2 Å². The first-order valence-electron chi connectivity index (χ1n) is 6.28. The van der Waals surface area contributed by atoms with Gasteiger partial charge in [-0.15, -0.1) is 0 Å². The molecule has 2 aromatic carbocycles. The molecule has 2 aromatic rings. The van der Waals surface area contributed by atoms with Crippen molar-refractivity contribution in [1.82, 2.24) is 0 Å². The molecule has 0 bridgehead atoms. The highest BCUT2D eigenvalue weighted by atomic mass is 32.2. The van der Waals surface area contributed by atoms with Crippen molar-refractivity contribution in [2.24, 2.45) is 0 Å². The molecule has 116 valence electrons. The van der Waals surface area contributed by atoms with Crippen molar-refractivity contribution in [1.29, 1.82) is 0 Å². The van der Waals surface area contributed by atoms with Gasteiger partial charge in [-0.25, -0.2) is 17.2 Å². The van der Waals surface area contributed by atoms with Crippen LogP contribution in [0, 0.1) is 11.6 Å². The van der Waals surface area contributed by atoms with Gasteiger partial charge in [-0.2, -0.15) is 0 Å². The van der Waals surface area contributed by atoms with E-state index in [1.807, 2.05) is 0 Å². The molecule has 0 aliphatic rings. The first kappa shape index (κ1) is 16.1. The summed E-state index contributed by atoms with van der Waals surface area (Å²) in [6.45, 7) is 0. The zero-order chi connectivity index (χ0) is 16.3. The number of rotatable bonds is 4. The van der Waals surface area contributed by atoms with Crippen molar-refractivity contribution in [3.63, 3.8) is 0 Å². The first-order valence-corrected chi connectivity index (χ1v) is 8.34. The van der Waals surface area contributed by atoms with Crippen LogP contribution in [0.15, 0.2) is 42.5 Å². The van der Waals surface area contributed by atoms with Crippen LogP contribution in [0.1, 0.15) is 15.9 Å². The Balaban J connectivity index is 2.25. The third kappa shape index (κ3) is 4.11. The lowest BCUT2D eigenvalue weighted by Crippen LogP contribution is -2.14. The van der Waals surface area contributed by atoms with Crippen molar-refractivity contribution in [2.75, 3.05) is 11.6 Å². The van der Waals surface area contributed by atoms with Gasteiger partial charge in [-0.3, -0.25) is 4.79 Å². The van der Waals surface area contributed by atoms with Crippen LogP contribution in [0.3, 0.4) is 0 Å². The van der Waals surface area contributed by atoms with E-state index in [0.29, 0.717) is 5.56 Å². The molecule has 1 amide bonds. The first-order chi connectivity index (χ1) is 10.3. The van der Waals surface area contributed by atoms with Gasteiger partial charge in [0.2, 0.25) is 0 Å². The maximum Gasteiger partial charge on any atom is 0.255 e. The lowest BCUT2D eigenvalue weighted by atomic mass is 10.1. The summed E-state index contributed by atoms with van der Waals surface area (Å²) < 4.78 is 49.5. The van der Waals surface area contributed by atoms with Crippen LogP contribution in [0.25, 0.3) is 0 Å². The Labute approximate surface area is 126 Å². The molecule has 0 saturated heterocycles. The Kier molecular flexibility index (Phi) is 4.56. The van der Waals surface area contributed by atoms with Crippen LogP contribution in [0.5, 0.6) is 0 Å². The highest BCUT2D eigenvalue weighted by molar-refractivity contribution is 7.89. The molecule has 1 N–H and O–H groups in total. The summed E-state index contributed by atoms with van der Waals surface area (Å²) in [7, 11) is -3.24. The summed E-state index contributed by atoms with van der Waals surface area (Å²) in [6, 6.07) is 9.11. The Morgan fingerprint density at radius 2 is 1.68 bits per heavy atom. The smallest absolute Gasteiger partial charge is 0.255 e. The number of carbonyl (C=O) groups is 1. The number of halogens is 2. The average Bonchev–Trinajstić information content (AvgIpc) is 2.41. The fraction of sp³-hybridized carbons (Fsp3) is 0.133. The van der Waals surface area contributed by atoms with Crippen molar-refractivity contribution in [3.8, 4) is 0 Å². The number of hydrogen-bond acceptors (Lipinski definition) is 3. The number of carbonyl (C=O) groups excluding carboxylic acids is 1. The van der Waals surface area contributed by atoms with Gasteiger partial charge < -0.3 is 5.32 Å². The maximum atomic E-state index is 13.5. The monoisotopic (exact) mass is 325 g/mol. The van der Waals surface area contributed by atoms with E-state index in [0.717, 1.165) is 18.4 Å². The average molecular weight is 325 g/mol. The SMILES string of the molecule is CS(=O)(=O)Cc1cccc(C(=O)Nc2c(F)cccc2F)c1. The molecule has 22 heavy (non-hydrogen) atoms. The normalized spacial score (nSPS) is 11.2. The lowest BCUT2D eigenvalue weighted by Gasteiger charge is -2.08. The van der Waals surface area contributed by atoms with E-state index in [2.05, 4.69) is 5.32 Å². The summed E-state index contributed by atoms with van der Waals surface area (Å²) in [5.41, 5.74) is -0.00558. The van der Waals surface area contributed by atoms with Crippen LogP contribution in [0.2, 0.25) is 0 Å². The van der Waals surface area contributed by atoms with Crippen molar-refractivity contribution >= 4 is 21.4 Å². The second-order valence-electron chi connectivity index (χ2n) is 4.82. The van der Waals surface area contributed by atoms with Crippen LogP contribution in [-0.4, -0.2) is 20.6 Å². The molecule has 2 rings (SSSR count). The van der Waals surface area contributed by atoms with Gasteiger partial charge in [0.1, 0.15) is 17.3 Å². The minimum atomic E-state index is -3.24. The fourth-order valence-corrected chi connectivity index (χ4v) is 2.69. The van der Waals surface area contributed by atoms with Crippen LogP contribution >= 0.6 is 0 Å². The molecule has 7 heteroatoms. The largest absolute Gasteiger partial charge is 0.317 e. The Hall–Kier alpha value is -2.28. The molecular formula is C15H13F2NO3S. The van der Waals surface area contributed by atoms with Gasteiger partial charge in [0.15, 0.2) is 9.84 Å². The highest BCUT2D eigenvalue weighted by Crippen LogP contribution is 2.19. The van der Waals surface area contributed by atoms with E-state index in [-0.39, 0.29) is 11.3 Å². The topological polar surface area (TPSA) is 63.2 Å². The van der Waals surface area contributed by atoms with E-state index in [4.69, 9.17) is 0 Å². The minimum absolute atomic E-state index is 0.115. The fourth-order valence-electron chi connectivity index (χ4n) is 1.91. The lowest BCUT2D eigenvalue weighted by molar-refractivity contribution is 0.102. The third-order valence-electron chi connectivity index (χ3n) is 2.82. The molecule has 0 unspecified atom stereocenters.